The summed E-state index contributed by atoms with van der Waals surface area (Å²) in [7, 11) is 0. The van der Waals surface area contributed by atoms with Crippen LogP contribution in [0.4, 0.5) is 0 Å². The molecular weight excluding hydrogens is 338 g/mol. The lowest BCUT2D eigenvalue weighted by atomic mass is 10.1. The zero-order valence-corrected chi connectivity index (χ0v) is 15.0. The first-order valence-electron chi connectivity index (χ1n) is 8.76. The summed E-state index contributed by atoms with van der Waals surface area (Å²) in [5.41, 5.74) is 3.59. The predicted octanol–water partition coefficient (Wildman–Crippen LogP) is 3.61. The normalized spacial score (nSPS) is 11.3. The van der Waals surface area contributed by atoms with Crippen LogP contribution in [0.5, 0.6) is 0 Å². The van der Waals surface area contributed by atoms with Crippen molar-refractivity contribution in [1.82, 2.24) is 14.9 Å². The molecule has 0 saturated heterocycles. The SMILES string of the molecule is C#CCN(Cc1ccc(C)cc1)Cc1nc2c(oc3ccccc32)c(=O)[nH]1. The number of hydrogen-bond donors (Lipinski definition) is 1. The standard InChI is InChI=1S/C22H19N3O2/c1-3-12-25(13-16-10-8-15(2)9-11-16)14-19-23-20-17-6-4-5-7-18(17)27-21(20)22(26)24-19/h1,4-11H,12-14H2,2H3,(H,23,24,26). The Bertz CT molecular complexity index is 1200. The minimum atomic E-state index is -0.276. The van der Waals surface area contributed by atoms with Crippen LogP contribution < -0.4 is 5.56 Å². The van der Waals surface area contributed by atoms with Crippen molar-refractivity contribution < 1.29 is 4.42 Å². The molecule has 0 spiro atoms. The third-order valence-corrected chi connectivity index (χ3v) is 4.50. The number of hydrogen-bond acceptors (Lipinski definition) is 4. The molecule has 0 bridgehead atoms. The quantitative estimate of drug-likeness (QED) is 0.554. The van der Waals surface area contributed by atoms with Gasteiger partial charge in [0.15, 0.2) is 0 Å². The summed E-state index contributed by atoms with van der Waals surface area (Å²) < 4.78 is 5.65. The number of terminal acetylenes is 1. The van der Waals surface area contributed by atoms with E-state index in [0.29, 0.717) is 36.6 Å². The number of nitrogens with zero attached hydrogens (tertiary/aromatic N) is 2. The molecular formula is C22H19N3O2. The number of rotatable bonds is 5. The topological polar surface area (TPSA) is 62.1 Å². The van der Waals surface area contributed by atoms with Gasteiger partial charge in [0, 0.05) is 11.9 Å². The van der Waals surface area contributed by atoms with Crippen molar-refractivity contribution in [2.24, 2.45) is 0 Å². The van der Waals surface area contributed by atoms with Crippen molar-refractivity contribution in [3.63, 3.8) is 0 Å². The fraction of sp³-hybridized carbons (Fsp3) is 0.182. The molecule has 0 atom stereocenters. The first-order chi connectivity index (χ1) is 13.1. The van der Waals surface area contributed by atoms with E-state index < -0.39 is 0 Å². The summed E-state index contributed by atoms with van der Waals surface area (Å²) >= 11 is 0. The number of H-pyrrole nitrogens is 1. The van der Waals surface area contributed by atoms with Gasteiger partial charge in [0.2, 0.25) is 5.58 Å². The minimum absolute atomic E-state index is 0.252. The van der Waals surface area contributed by atoms with Crippen molar-refractivity contribution in [2.45, 2.75) is 20.0 Å². The van der Waals surface area contributed by atoms with E-state index in [2.05, 4.69) is 52.0 Å². The van der Waals surface area contributed by atoms with E-state index in [9.17, 15) is 4.79 Å². The average molecular weight is 357 g/mol. The molecule has 0 amide bonds. The zero-order valence-electron chi connectivity index (χ0n) is 15.0. The third-order valence-electron chi connectivity index (χ3n) is 4.50. The second kappa shape index (κ2) is 7.10. The van der Waals surface area contributed by atoms with Gasteiger partial charge in [-0.2, -0.15) is 0 Å². The molecule has 5 heteroatoms. The van der Waals surface area contributed by atoms with Gasteiger partial charge in [0.25, 0.3) is 5.56 Å². The van der Waals surface area contributed by atoms with Crippen molar-refractivity contribution in [3.8, 4) is 12.3 Å². The van der Waals surface area contributed by atoms with Gasteiger partial charge in [-0.15, -0.1) is 6.42 Å². The van der Waals surface area contributed by atoms with E-state index in [1.54, 1.807) is 0 Å². The highest BCUT2D eigenvalue weighted by molar-refractivity contribution is 6.01. The first kappa shape index (κ1) is 17.1. The number of nitrogens with one attached hydrogen (secondary N) is 1. The molecule has 5 nitrogen and oxygen atoms in total. The zero-order chi connectivity index (χ0) is 18.8. The minimum Gasteiger partial charge on any atom is -0.449 e. The molecule has 0 radical (unpaired) electrons. The van der Waals surface area contributed by atoms with Gasteiger partial charge < -0.3 is 9.40 Å². The van der Waals surface area contributed by atoms with Crippen LogP contribution in [0.2, 0.25) is 0 Å². The fourth-order valence-corrected chi connectivity index (χ4v) is 3.18. The van der Waals surface area contributed by atoms with Crippen LogP contribution in [0.25, 0.3) is 22.1 Å². The van der Waals surface area contributed by atoms with E-state index >= 15 is 0 Å². The molecule has 2 aromatic carbocycles. The van der Waals surface area contributed by atoms with Gasteiger partial charge in [0.1, 0.15) is 16.9 Å². The number of para-hydroxylation sites is 1. The Morgan fingerprint density at radius 1 is 1.15 bits per heavy atom. The maximum absolute atomic E-state index is 12.5. The van der Waals surface area contributed by atoms with Crippen molar-refractivity contribution in [2.75, 3.05) is 6.54 Å². The van der Waals surface area contributed by atoms with E-state index in [0.717, 1.165) is 10.9 Å². The Kier molecular flexibility index (Phi) is 4.49. The van der Waals surface area contributed by atoms with E-state index in [4.69, 9.17) is 10.8 Å². The average Bonchev–Trinajstić information content (AvgIpc) is 3.03. The number of fused-ring (bicyclic) bond motifs is 3. The lowest BCUT2D eigenvalue weighted by molar-refractivity contribution is 0.283. The Morgan fingerprint density at radius 2 is 1.93 bits per heavy atom. The number of benzene rings is 2. The molecule has 4 rings (SSSR count). The number of aromatic amines is 1. The smallest absolute Gasteiger partial charge is 0.294 e. The van der Waals surface area contributed by atoms with E-state index in [1.807, 2.05) is 24.3 Å². The molecule has 0 unspecified atom stereocenters. The maximum atomic E-state index is 12.5. The van der Waals surface area contributed by atoms with Gasteiger partial charge in [0.05, 0.1) is 13.1 Å². The van der Waals surface area contributed by atoms with Gasteiger partial charge in [-0.1, -0.05) is 47.9 Å². The highest BCUT2D eigenvalue weighted by Gasteiger charge is 2.14. The molecule has 0 aliphatic heterocycles. The molecule has 27 heavy (non-hydrogen) atoms. The number of aryl methyl sites for hydroxylation is 1. The molecule has 1 N–H and O–H groups in total. The Balaban J connectivity index is 1.67. The van der Waals surface area contributed by atoms with Crippen molar-refractivity contribution in [1.29, 1.82) is 0 Å². The highest BCUT2D eigenvalue weighted by Crippen LogP contribution is 2.24. The van der Waals surface area contributed by atoms with Crippen LogP contribution in [0.3, 0.4) is 0 Å². The second-order valence-electron chi connectivity index (χ2n) is 6.62. The van der Waals surface area contributed by atoms with Crippen LogP contribution in [0.1, 0.15) is 17.0 Å². The summed E-state index contributed by atoms with van der Waals surface area (Å²) in [6, 6.07) is 15.8. The molecule has 0 saturated carbocycles. The summed E-state index contributed by atoms with van der Waals surface area (Å²) in [6.07, 6.45) is 5.54. The summed E-state index contributed by atoms with van der Waals surface area (Å²) in [5.74, 6) is 3.25. The van der Waals surface area contributed by atoms with Crippen LogP contribution in [0.15, 0.2) is 57.7 Å². The molecule has 2 heterocycles. The first-order valence-corrected chi connectivity index (χ1v) is 8.76. The fourth-order valence-electron chi connectivity index (χ4n) is 3.18. The summed E-state index contributed by atoms with van der Waals surface area (Å²) in [6.45, 7) is 3.64. The molecule has 134 valence electrons. The van der Waals surface area contributed by atoms with Crippen LogP contribution in [-0.4, -0.2) is 21.4 Å². The van der Waals surface area contributed by atoms with Crippen molar-refractivity contribution in [3.05, 3.63) is 75.8 Å². The van der Waals surface area contributed by atoms with Gasteiger partial charge in [-0.25, -0.2) is 4.98 Å². The largest absolute Gasteiger partial charge is 0.449 e. The Morgan fingerprint density at radius 3 is 2.70 bits per heavy atom. The second-order valence-corrected chi connectivity index (χ2v) is 6.62. The molecule has 0 fully saturated rings. The Hall–Kier alpha value is -3.36. The molecule has 2 aromatic heterocycles. The van der Waals surface area contributed by atoms with Crippen LogP contribution in [0, 0.1) is 19.3 Å². The van der Waals surface area contributed by atoms with Crippen LogP contribution in [-0.2, 0) is 13.1 Å². The van der Waals surface area contributed by atoms with E-state index in [1.165, 1.54) is 5.56 Å². The van der Waals surface area contributed by atoms with Crippen molar-refractivity contribution >= 4 is 22.1 Å². The monoisotopic (exact) mass is 357 g/mol. The number of aromatic nitrogens is 2. The molecule has 4 aromatic rings. The predicted molar refractivity (Wildman–Crippen MR) is 106 cm³/mol. The van der Waals surface area contributed by atoms with Gasteiger partial charge in [-0.05, 0) is 24.6 Å². The number of furan rings is 1. The molecule has 0 aliphatic carbocycles. The van der Waals surface area contributed by atoms with Gasteiger partial charge >= 0.3 is 0 Å². The summed E-state index contributed by atoms with van der Waals surface area (Å²) in [5, 5.41) is 0.835. The lowest BCUT2D eigenvalue weighted by Crippen LogP contribution is -2.26. The third kappa shape index (κ3) is 3.48. The Labute approximate surface area is 156 Å². The highest BCUT2D eigenvalue weighted by atomic mass is 16.3. The molecule has 0 aliphatic rings. The lowest BCUT2D eigenvalue weighted by Gasteiger charge is -2.19. The maximum Gasteiger partial charge on any atom is 0.294 e. The van der Waals surface area contributed by atoms with Gasteiger partial charge in [-0.3, -0.25) is 9.69 Å². The van der Waals surface area contributed by atoms with E-state index in [-0.39, 0.29) is 11.1 Å². The summed E-state index contributed by atoms with van der Waals surface area (Å²) in [4.78, 5) is 22.0. The van der Waals surface area contributed by atoms with Crippen LogP contribution >= 0.6 is 0 Å².